The van der Waals surface area contributed by atoms with Crippen molar-refractivity contribution in [2.45, 2.75) is 58.0 Å². The maximum absolute atomic E-state index is 6.10. The summed E-state index contributed by atoms with van der Waals surface area (Å²) in [4.78, 5) is 6.10. The van der Waals surface area contributed by atoms with Gasteiger partial charge in [-0.3, -0.25) is 4.84 Å². The summed E-state index contributed by atoms with van der Waals surface area (Å²) in [5, 5.41) is 0. The van der Waals surface area contributed by atoms with Gasteiger partial charge in [-0.2, -0.15) is 0 Å². The van der Waals surface area contributed by atoms with Crippen LogP contribution in [0.4, 0.5) is 0 Å². The van der Waals surface area contributed by atoms with Gasteiger partial charge in [-0.1, -0.05) is 63.4 Å². The van der Waals surface area contributed by atoms with Crippen molar-refractivity contribution in [3.05, 3.63) is 35.9 Å². The van der Waals surface area contributed by atoms with Crippen molar-refractivity contribution in [1.29, 1.82) is 0 Å². The van der Waals surface area contributed by atoms with E-state index in [1.165, 1.54) is 37.7 Å². The number of rotatable bonds is 6. The molecule has 0 aromatic heterocycles. The molecule has 1 aliphatic rings. The fraction of sp³-hybridized carbons (Fsp3) is 0.647. The molecule has 0 amide bonds. The van der Waals surface area contributed by atoms with Crippen LogP contribution in [0.2, 0.25) is 0 Å². The van der Waals surface area contributed by atoms with E-state index in [0.717, 1.165) is 13.0 Å². The van der Waals surface area contributed by atoms with E-state index in [9.17, 15) is 0 Å². The van der Waals surface area contributed by atoms with Crippen molar-refractivity contribution in [2.75, 3.05) is 6.54 Å². The van der Waals surface area contributed by atoms with Gasteiger partial charge in [-0.15, -0.1) is 0 Å². The Balaban J connectivity index is 1.77. The molecule has 2 nitrogen and oxygen atoms in total. The largest absolute Gasteiger partial charge is 0.295 e. The number of benzene rings is 1. The lowest BCUT2D eigenvalue weighted by Crippen LogP contribution is -2.44. The zero-order chi connectivity index (χ0) is 13.6. The summed E-state index contributed by atoms with van der Waals surface area (Å²) in [6.45, 7) is 5.45. The van der Waals surface area contributed by atoms with Crippen molar-refractivity contribution >= 4 is 0 Å². The minimum absolute atomic E-state index is 0.0644. The summed E-state index contributed by atoms with van der Waals surface area (Å²) in [5.41, 5.74) is 4.65. The normalized spacial score (nSPS) is 18.7. The maximum Gasteiger partial charge on any atom is 0.0919 e. The second kappa shape index (κ2) is 7.06. The number of nitrogens with one attached hydrogen (secondary N) is 1. The van der Waals surface area contributed by atoms with Gasteiger partial charge in [0.1, 0.15) is 0 Å². The molecule has 0 bridgehead atoms. The van der Waals surface area contributed by atoms with Crippen LogP contribution in [0.1, 0.15) is 51.5 Å². The van der Waals surface area contributed by atoms with Crippen molar-refractivity contribution in [3.8, 4) is 0 Å². The average Bonchev–Trinajstić information content (AvgIpc) is 2.46. The molecule has 1 saturated carbocycles. The van der Waals surface area contributed by atoms with Crippen LogP contribution < -0.4 is 5.48 Å². The molecule has 1 aliphatic carbocycles. The first-order valence-corrected chi connectivity index (χ1v) is 7.68. The molecular weight excluding hydrogens is 234 g/mol. The quantitative estimate of drug-likeness (QED) is 0.614. The summed E-state index contributed by atoms with van der Waals surface area (Å²) >= 11 is 0. The van der Waals surface area contributed by atoms with Crippen LogP contribution in [0.25, 0.3) is 0 Å². The van der Waals surface area contributed by atoms with E-state index in [0.29, 0.717) is 5.92 Å². The van der Waals surface area contributed by atoms with Gasteiger partial charge in [0.05, 0.1) is 5.60 Å². The molecule has 0 spiro atoms. The maximum atomic E-state index is 6.10. The van der Waals surface area contributed by atoms with Crippen LogP contribution >= 0.6 is 0 Å². The van der Waals surface area contributed by atoms with E-state index in [1.54, 1.807) is 0 Å². The van der Waals surface area contributed by atoms with Crippen LogP contribution in [0.5, 0.6) is 0 Å². The molecule has 0 atom stereocenters. The van der Waals surface area contributed by atoms with Crippen molar-refractivity contribution < 1.29 is 4.84 Å². The lowest BCUT2D eigenvalue weighted by molar-refractivity contribution is -0.150. The Hall–Kier alpha value is -0.860. The summed E-state index contributed by atoms with van der Waals surface area (Å²) in [7, 11) is 0. The zero-order valence-electron chi connectivity index (χ0n) is 12.3. The Morgan fingerprint density at radius 1 is 1.11 bits per heavy atom. The molecule has 19 heavy (non-hydrogen) atoms. The Bertz CT molecular complexity index is 355. The average molecular weight is 261 g/mol. The molecule has 2 heteroatoms. The summed E-state index contributed by atoms with van der Waals surface area (Å²) in [5.74, 6) is 0.581. The third kappa shape index (κ3) is 4.05. The topological polar surface area (TPSA) is 21.3 Å². The summed E-state index contributed by atoms with van der Waals surface area (Å²) in [6, 6.07) is 10.6. The van der Waals surface area contributed by atoms with E-state index in [4.69, 9.17) is 4.84 Å². The van der Waals surface area contributed by atoms with Gasteiger partial charge in [-0.05, 0) is 30.7 Å². The van der Waals surface area contributed by atoms with Crippen LogP contribution in [0, 0.1) is 5.92 Å². The minimum atomic E-state index is 0.0644. The van der Waals surface area contributed by atoms with Gasteiger partial charge in [0.2, 0.25) is 0 Å². The van der Waals surface area contributed by atoms with E-state index in [-0.39, 0.29) is 5.60 Å². The monoisotopic (exact) mass is 261 g/mol. The highest BCUT2D eigenvalue weighted by Gasteiger charge is 2.36. The molecule has 1 fully saturated rings. The fourth-order valence-electron chi connectivity index (χ4n) is 2.98. The standard InChI is InChI=1S/C17H27NO/c1-15(2)17(12-7-4-8-13-17)19-18-14-11-16-9-5-3-6-10-16/h3,5-6,9-10,15,18H,4,7-8,11-14H2,1-2H3. The Morgan fingerprint density at radius 3 is 2.42 bits per heavy atom. The number of hydrogen-bond acceptors (Lipinski definition) is 2. The van der Waals surface area contributed by atoms with Crippen molar-refractivity contribution in [1.82, 2.24) is 5.48 Å². The van der Waals surface area contributed by atoms with Gasteiger partial charge in [0.25, 0.3) is 0 Å². The van der Waals surface area contributed by atoms with Gasteiger partial charge < -0.3 is 0 Å². The van der Waals surface area contributed by atoms with E-state index < -0.39 is 0 Å². The molecule has 0 saturated heterocycles. The highest BCUT2D eigenvalue weighted by molar-refractivity contribution is 5.14. The van der Waals surface area contributed by atoms with Crippen LogP contribution in [0.3, 0.4) is 0 Å². The van der Waals surface area contributed by atoms with E-state index in [1.807, 2.05) is 0 Å². The summed E-state index contributed by atoms with van der Waals surface area (Å²) < 4.78 is 0. The zero-order valence-corrected chi connectivity index (χ0v) is 12.3. The SMILES string of the molecule is CC(C)C1(ONCCc2ccccc2)CCCCC1. The predicted octanol–water partition coefficient (Wildman–Crippen LogP) is 4.11. The smallest absolute Gasteiger partial charge is 0.0919 e. The van der Waals surface area contributed by atoms with Gasteiger partial charge in [0, 0.05) is 6.54 Å². The van der Waals surface area contributed by atoms with Gasteiger partial charge in [0.15, 0.2) is 0 Å². The highest BCUT2D eigenvalue weighted by atomic mass is 16.7. The molecule has 0 radical (unpaired) electrons. The lowest BCUT2D eigenvalue weighted by atomic mass is 9.77. The van der Waals surface area contributed by atoms with Gasteiger partial charge in [-0.25, -0.2) is 5.48 Å². The van der Waals surface area contributed by atoms with Crippen LogP contribution in [0.15, 0.2) is 30.3 Å². The third-order valence-corrected chi connectivity index (χ3v) is 4.39. The molecule has 0 unspecified atom stereocenters. The minimum Gasteiger partial charge on any atom is -0.295 e. The third-order valence-electron chi connectivity index (χ3n) is 4.39. The lowest BCUT2D eigenvalue weighted by Gasteiger charge is -2.40. The van der Waals surface area contributed by atoms with Gasteiger partial charge >= 0.3 is 0 Å². The Morgan fingerprint density at radius 2 is 1.79 bits per heavy atom. The first-order chi connectivity index (χ1) is 9.23. The second-order valence-corrected chi connectivity index (χ2v) is 6.01. The molecule has 1 N–H and O–H groups in total. The second-order valence-electron chi connectivity index (χ2n) is 6.01. The molecule has 1 aromatic carbocycles. The van der Waals surface area contributed by atoms with E-state index in [2.05, 4.69) is 49.7 Å². The first kappa shape index (κ1) is 14.5. The first-order valence-electron chi connectivity index (χ1n) is 7.68. The fourth-order valence-corrected chi connectivity index (χ4v) is 2.98. The molecular formula is C17H27NO. The van der Waals surface area contributed by atoms with Crippen LogP contribution in [-0.2, 0) is 11.3 Å². The predicted molar refractivity (Wildman–Crippen MR) is 79.9 cm³/mol. The Labute approximate surface area is 117 Å². The molecule has 106 valence electrons. The number of hydrogen-bond donors (Lipinski definition) is 1. The molecule has 1 aromatic rings. The molecule has 0 aliphatic heterocycles. The number of hydroxylamine groups is 1. The molecule has 2 rings (SSSR count). The summed E-state index contributed by atoms with van der Waals surface area (Å²) in [6.07, 6.45) is 7.39. The van der Waals surface area contributed by atoms with Crippen molar-refractivity contribution in [3.63, 3.8) is 0 Å². The van der Waals surface area contributed by atoms with E-state index >= 15 is 0 Å². The Kier molecular flexibility index (Phi) is 5.41. The highest BCUT2D eigenvalue weighted by Crippen LogP contribution is 2.36. The molecule has 0 heterocycles. The van der Waals surface area contributed by atoms with Crippen LogP contribution in [-0.4, -0.2) is 12.1 Å². The van der Waals surface area contributed by atoms with Crippen molar-refractivity contribution in [2.24, 2.45) is 5.92 Å².